The maximum absolute atomic E-state index is 12.3. The summed E-state index contributed by atoms with van der Waals surface area (Å²) in [5, 5.41) is 0. The van der Waals surface area contributed by atoms with E-state index in [1.807, 2.05) is 44.2 Å². The van der Waals surface area contributed by atoms with Gasteiger partial charge in [0.1, 0.15) is 6.61 Å². The molecule has 0 aromatic heterocycles. The monoisotopic (exact) mass is 347 g/mol. The topological polar surface area (TPSA) is 55.8 Å². The van der Waals surface area contributed by atoms with Crippen molar-refractivity contribution in [3.63, 3.8) is 0 Å². The Morgan fingerprint density at radius 1 is 1.12 bits per heavy atom. The second-order valence-corrected chi connectivity index (χ2v) is 6.76. The van der Waals surface area contributed by atoms with Crippen LogP contribution in [0.15, 0.2) is 30.3 Å². The molecule has 1 unspecified atom stereocenters. The highest BCUT2D eigenvalue weighted by Gasteiger charge is 2.32. The third-order valence-electron chi connectivity index (χ3n) is 5.15. The predicted octanol–water partition coefficient (Wildman–Crippen LogP) is 4.01. The Labute approximate surface area is 150 Å². The minimum absolute atomic E-state index is 0.0729. The van der Waals surface area contributed by atoms with Crippen molar-refractivity contribution in [1.82, 2.24) is 4.90 Å². The lowest BCUT2D eigenvalue weighted by atomic mass is 9.78. The Kier molecular flexibility index (Phi) is 7.29. The van der Waals surface area contributed by atoms with Gasteiger partial charge in [-0.15, -0.1) is 0 Å². The number of hydrogen-bond acceptors (Lipinski definition) is 4. The summed E-state index contributed by atoms with van der Waals surface area (Å²) >= 11 is 0. The molecule has 1 saturated carbocycles. The molecule has 0 saturated heterocycles. The molecule has 1 aromatic carbocycles. The molecular weight excluding hydrogens is 318 g/mol. The quantitative estimate of drug-likeness (QED) is 0.730. The van der Waals surface area contributed by atoms with Gasteiger partial charge in [-0.1, -0.05) is 37.3 Å². The Hall–Kier alpha value is -2.04. The summed E-state index contributed by atoms with van der Waals surface area (Å²) in [6, 6.07) is 9.85. The first-order chi connectivity index (χ1) is 12.0. The molecule has 0 bridgehead atoms. The molecule has 1 atom stereocenters. The van der Waals surface area contributed by atoms with Crippen molar-refractivity contribution >= 4 is 12.1 Å². The first-order valence-electron chi connectivity index (χ1n) is 9.13. The van der Waals surface area contributed by atoms with Crippen molar-refractivity contribution < 1.29 is 19.1 Å². The van der Waals surface area contributed by atoms with Crippen molar-refractivity contribution in [2.45, 2.75) is 52.2 Å². The van der Waals surface area contributed by atoms with Gasteiger partial charge in [0.25, 0.3) is 0 Å². The van der Waals surface area contributed by atoms with Crippen molar-refractivity contribution in [2.75, 3.05) is 13.7 Å². The molecule has 1 aliphatic rings. The zero-order valence-electron chi connectivity index (χ0n) is 15.4. The molecule has 1 amide bonds. The number of amides is 1. The first-order valence-corrected chi connectivity index (χ1v) is 9.13. The number of nitrogens with zero attached hydrogens (tertiary/aromatic N) is 1. The van der Waals surface area contributed by atoms with E-state index in [0.29, 0.717) is 19.1 Å². The lowest BCUT2D eigenvalue weighted by Crippen LogP contribution is -2.41. The van der Waals surface area contributed by atoms with Gasteiger partial charge in [0.2, 0.25) is 0 Å². The van der Waals surface area contributed by atoms with E-state index >= 15 is 0 Å². The number of carbonyl (C=O) groups excluding carboxylic acids is 2. The van der Waals surface area contributed by atoms with E-state index in [9.17, 15) is 9.59 Å². The maximum Gasteiger partial charge on any atom is 0.410 e. The van der Waals surface area contributed by atoms with Gasteiger partial charge in [-0.3, -0.25) is 4.79 Å². The van der Waals surface area contributed by atoms with Crippen LogP contribution >= 0.6 is 0 Å². The van der Waals surface area contributed by atoms with Gasteiger partial charge in [0, 0.05) is 13.1 Å². The molecule has 25 heavy (non-hydrogen) atoms. The van der Waals surface area contributed by atoms with Crippen LogP contribution in [0.1, 0.15) is 45.1 Å². The van der Waals surface area contributed by atoms with E-state index in [0.717, 1.165) is 31.2 Å². The first kappa shape index (κ1) is 19.3. The Morgan fingerprint density at radius 3 is 2.36 bits per heavy atom. The highest BCUT2D eigenvalue weighted by Crippen LogP contribution is 2.32. The largest absolute Gasteiger partial charge is 0.466 e. The van der Waals surface area contributed by atoms with Crippen molar-refractivity contribution in [2.24, 2.45) is 11.8 Å². The molecule has 5 nitrogen and oxygen atoms in total. The van der Waals surface area contributed by atoms with Crippen LogP contribution in [0.25, 0.3) is 0 Å². The smallest absolute Gasteiger partial charge is 0.410 e. The van der Waals surface area contributed by atoms with Gasteiger partial charge in [-0.2, -0.15) is 0 Å². The fourth-order valence-corrected chi connectivity index (χ4v) is 3.43. The van der Waals surface area contributed by atoms with Gasteiger partial charge < -0.3 is 14.4 Å². The lowest BCUT2D eigenvalue weighted by Gasteiger charge is -2.35. The van der Waals surface area contributed by atoms with Gasteiger partial charge in [0.15, 0.2) is 0 Å². The van der Waals surface area contributed by atoms with E-state index in [1.54, 1.807) is 11.9 Å². The standard InChI is InChI=1S/C20H29NO4/c1-4-24-19(22)15(2)17-10-12-18(13-11-17)21(3)20(23)25-14-16-8-6-5-7-9-16/h5-9,15,17-18H,4,10-14H2,1-3H3/t15?,17-,18-. The zero-order chi connectivity index (χ0) is 18.2. The van der Waals surface area contributed by atoms with Crippen LogP contribution in [0.3, 0.4) is 0 Å². The normalized spacial score (nSPS) is 21.2. The van der Waals surface area contributed by atoms with Crippen LogP contribution in [0, 0.1) is 11.8 Å². The molecule has 0 spiro atoms. The van der Waals surface area contributed by atoms with E-state index < -0.39 is 0 Å². The van der Waals surface area contributed by atoms with Crippen LogP contribution in [0.4, 0.5) is 4.79 Å². The number of benzene rings is 1. The SMILES string of the molecule is CCOC(=O)C(C)[C@H]1CC[C@H](N(C)C(=O)OCc2ccccc2)CC1. The number of esters is 1. The average molecular weight is 347 g/mol. The zero-order valence-corrected chi connectivity index (χ0v) is 15.4. The van der Waals surface area contributed by atoms with E-state index in [2.05, 4.69) is 0 Å². The number of carbonyl (C=O) groups is 2. The van der Waals surface area contributed by atoms with Gasteiger partial charge >= 0.3 is 12.1 Å². The molecule has 1 fully saturated rings. The van der Waals surface area contributed by atoms with Crippen molar-refractivity contribution in [1.29, 1.82) is 0 Å². The summed E-state index contributed by atoms with van der Waals surface area (Å²) in [4.78, 5) is 25.8. The van der Waals surface area contributed by atoms with Crippen molar-refractivity contribution in [3.05, 3.63) is 35.9 Å². The maximum atomic E-state index is 12.3. The third kappa shape index (κ3) is 5.48. The van der Waals surface area contributed by atoms with Crippen LogP contribution < -0.4 is 0 Å². The fraction of sp³-hybridized carbons (Fsp3) is 0.600. The predicted molar refractivity (Wildman–Crippen MR) is 95.9 cm³/mol. The fourth-order valence-electron chi connectivity index (χ4n) is 3.43. The van der Waals surface area contributed by atoms with Gasteiger partial charge in [-0.05, 0) is 44.1 Å². The van der Waals surface area contributed by atoms with Crippen LogP contribution in [0.5, 0.6) is 0 Å². The minimum atomic E-state index is -0.286. The molecular formula is C20H29NO4. The molecule has 2 rings (SSSR count). The molecule has 5 heteroatoms. The second kappa shape index (κ2) is 9.44. The van der Waals surface area contributed by atoms with Crippen molar-refractivity contribution in [3.8, 4) is 0 Å². The molecule has 1 aliphatic carbocycles. The summed E-state index contributed by atoms with van der Waals surface area (Å²) in [6.45, 7) is 4.49. The van der Waals surface area contributed by atoms with Crippen LogP contribution in [-0.2, 0) is 20.9 Å². The summed E-state index contributed by atoms with van der Waals surface area (Å²) < 4.78 is 10.5. The number of hydrogen-bond donors (Lipinski definition) is 0. The molecule has 138 valence electrons. The summed E-state index contributed by atoms with van der Waals surface area (Å²) in [5.74, 6) is 0.154. The molecule has 0 N–H and O–H groups in total. The molecule has 0 heterocycles. The summed E-state index contributed by atoms with van der Waals surface area (Å²) in [6.07, 6.45) is 3.37. The Morgan fingerprint density at radius 2 is 1.76 bits per heavy atom. The second-order valence-electron chi connectivity index (χ2n) is 6.76. The molecule has 0 radical (unpaired) electrons. The highest BCUT2D eigenvalue weighted by atomic mass is 16.6. The van der Waals surface area contributed by atoms with E-state index in [1.165, 1.54) is 0 Å². The highest BCUT2D eigenvalue weighted by molar-refractivity contribution is 5.72. The van der Waals surface area contributed by atoms with Gasteiger partial charge in [-0.25, -0.2) is 4.79 Å². The van der Waals surface area contributed by atoms with E-state index in [-0.39, 0.29) is 24.0 Å². The van der Waals surface area contributed by atoms with Gasteiger partial charge in [0.05, 0.1) is 12.5 Å². The van der Waals surface area contributed by atoms with Crippen LogP contribution in [-0.4, -0.2) is 36.7 Å². The third-order valence-corrected chi connectivity index (χ3v) is 5.15. The Balaban J connectivity index is 1.77. The number of rotatable bonds is 6. The Bertz CT molecular complexity index is 552. The average Bonchev–Trinajstić information content (AvgIpc) is 2.66. The van der Waals surface area contributed by atoms with Crippen LogP contribution in [0.2, 0.25) is 0 Å². The number of ether oxygens (including phenoxy) is 2. The summed E-state index contributed by atoms with van der Waals surface area (Å²) in [7, 11) is 1.80. The molecule has 0 aliphatic heterocycles. The minimum Gasteiger partial charge on any atom is -0.466 e. The van der Waals surface area contributed by atoms with E-state index in [4.69, 9.17) is 9.47 Å². The summed E-state index contributed by atoms with van der Waals surface area (Å²) in [5.41, 5.74) is 0.983. The molecule has 1 aromatic rings. The lowest BCUT2D eigenvalue weighted by molar-refractivity contribution is -0.149.